The molecule has 2 N–H and O–H groups in total. The van der Waals surface area contributed by atoms with Crippen LogP contribution in [0.4, 0.5) is 0 Å². The van der Waals surface area contributed by atoms with Crippen LogP contribution in [0, 0.1) is 0 Å². The second kappa shape index (κ2) is 5.12. The van der Waals surface area contributed by atoms with Crippen LogP contribution < -0.4 is 10.5 Å². The first-order valence-corrected chi connectivity index (χ1v) is 6.32. The fourth-order valence-electron chi connectivity index (χ4n) is 2.27. The molecule has 19 heavy (non-hydrogen) atoms. The minimum Gasteiger partial charge on any atom is -0.464 e. The molecule has 0 bridgehead atoms. The van der Waals surface area contributed by atoms with Gasteiger partial charge in [-0.2, -0.15) is 0 Å². The van der Waals surface area contributed by atoms with Gasteiger partial charge >= 0.3 is 0 Å². The second-order valence-corrected chi connectivity index (χ2v) is 4.37. The van der Waals surface area contributed by atoms with Crippen LogP contribution in [0.5, 0.6) is 5.75 Å². The topological polar surface area (TPSA) is 35.2 Å². The third kappa shape index (κ3) is 2.18. The Morgan fingerprint density at radius 1 is 0.895 bits per heavy atom. The molecule has 2 heteroatoms. The van der Waals surface area contributed by atoms with Crippen molar-refractivity contribution >= 4 is 21.5 Å². The first kappa shape index (κ1) is 11.8. The van der Waals surface area contributed by atoms with Crippen molar-refractivity contribution in [1.82, 2.24) is 0 Å². The summed E-state index contributed by atoms with van der Waals surface area (Å²) < 4.78 is 5.81. The van der Waals surface area contributed by atoms with Crippen molar-refractivity contribution in [2.45, 2.75) is 0 Å². The summed E-state index contributed by atoms with van der Waals surface area (Å²) in [4.78, 5) is 0. The van der Waals surface area contributed by atoms with Gasteiger partial charge in [-0.15, -0.1) is 0 Å². The Hall–Kier alpha value is -2.32. The smallest absolute Gasteiger partial charge is 0.142 e. The van der Waals surface area contributed by atoms with E-state index in [2.05, 4.69) is 30.3 Å². The number of hydrogen-bond donors (Lipinski definition) is 1. The molecule has 0 saturated heterocycles. The van der Waals surface area contributed by atoms with Crippen molar-refractivity contribution < 1.29 is 4.74 Å². The summed E-state index contributed by atoms with van der Waals surface area (Å²) in [6, 6.07) is 18.7. The van der Waals surface area contributed by atoms with Gasteiger partial charge in [0, 0.05) is 17.3 Å². The van der Waals surface area contributed by atoms with Gasteiger partial charge in [0.25, 0.3) is 0 Å². The Balaban J connectivity index is 2.29. The third-order valence-corrected chi connectivity index (χ3v) is 3.14. The van der Waals surface area contributed by atoms with Crippen LogP contribution in [0.3, 0.4) is 0 Å². The van der Waals surface area contributed by atoms with Gasteiger partial charge in [0.2, 0.25) is 0 Å². The SMILES string of the molecule is NCC=COc1c2ccccc2cc2ccccc12. The van der Waals surface area contributed by atoms with E-state index >= 15 is 0 Å². The van der Waals surface area contributed by atoms with Crippen LogP contribution in [-0.2, 0) is 0 Å². The van der Waals surface area contributed by atoms with E-state index in [0.717, 1.165) is 16.5 Å². The van der Waals surface area contributed by atoms with E-state index in [9.17, 15) is 0 Å². The van der Waals surface area contributed by atoms with Crippen LogP contribution in [0.25, 0.3) is 21.5 Å². The summed E-state index contributed by atoms with van der Waals surface area (Å²) in [6.45, 7) is 0.475. The molecule has 0 aromatic heterocycles. The van der Waals surface area contributed by atoms with Crippen molar-refractivity contribution in [3.8, 4) is 5.75 Å². The van der Waals surface area contributed by atoms with E-state index in [1.165, 1.54) is 10.8 Å². The molecular formula is C17H15NO. The molecule has 0 saturated carbocycles. The van der Waals surface area contributed by atoms with Crippen molar-refractivity contribution in [2.24, 2.45) is 5.73 Å². The van der Waals surface area contributed by atoms with Gasteiger partial charge in [0.15, 0.2) is 0 Å². The van der Waals surface area contributed by atoms with Crippen LogP contribution in [0.2, 0.25) is 0 Å². The number of nitrogens with two attached hydrogens (primary N) is 1. The highest BCUT2D eigenvalue weighted by molar-refractivity contribution is 6.05. The Morgan fingerprint density at radius 2 is 1.47 bits per heavy atom. The van der Waals surface area contributed by atoms with Crippen molar-refractivity contribution in [3.63, 3.8) is 0 Å². The molecule has 0 aliphatic carbocycles. The molecule has 3 aromatic carbocycles. The predicted molar refractivity (Wildman–Crippen MR) is 80.3 cm³/mol. The maximum Gasteiger partial charge on any atom is 0.142 e. The number of fused-ring (bicyclic) bond motifs is 2. The summed E-state index contributed by atoms with van der Waals surface area (Å²) in [7, 11) is 0. The minimum atomic E-state index is 0.475. The van der Waals surface area contributed by atoms with Gasteiger partial charge < -0.3 is 10.5 Å². The number of ether oxygens (including phenoxy) is 1. The monoisotopic (exact) mass is 249 g/mol. The first-order chi connectivity index (χ1) is 9.40. The highest BCUT2D eigenvalue weighted by Gasteiger charge is 2.07. The molecule has 0 aliphatic heterocycles. The lowest BCUT2D eigenvalue weighted by atomic mass is 10.0. The van der Waals surface area contributed by atoms with Crippen LogP contribution >= 0.6 is 0 Å². The van der Waals surface area contributed by atoms with Gasteiger partial charge in [-0.1, -0.05) is 48.5 Å². The molecule has 94 valence electrons. The lowest BCUT2D eigenvalue weighted by Crippen LogP contribution is -1.94. The van der Waals surface area contributed by atoms with Crippen molar-refractivity contribution in [2.75, 3.05) is 6.54 Å². The predicted octanol–water partition coefficient (Wildman–Crippen LogP) is 3.84. The zero-order valence-electron chi connectivity index (χ0n) is 10.5. The Kier molecular flexibility index (Phi) is 3.17. The van der Waals surface area contributed by atoms with Gasteiger partial charge in [0.1, 0.15) is 5.75 Å². The highest BCUT2D eigenvalue weighted by atomic mass is 16.5. The van der Waals surface area contributed by atoms with E-state index in [0.29, 0.717) is 6.54 Å². The van der Waals surface area contributed by atoms with Gasteiger partial charge in [-0.25, -0.2) is 0 Å². The summed E-state index contributed by atoms with van der Waals surface area (Å²) in [5.74, 6) is 0.887. The number of benzene rings is 3. The zero-order valence-corrected chi connectivity index (χ0v) is 10.5. The normalized spacial score (nSPS) is 11.4. The van der Waals surface area contributed by atoms with E-state index in [1.807, 2.05) is 24.3 Å². The molecule has 0 radical (unpaired) electrons. The maximum absolute atomic E-state index is 5.81. The Morgan fingerprint density at radius 3 is 2.05 bits per heavy atom. The third-order valence-electron chi connectivity index (χ3n) is 3.14. The molecular weight excluding hydrogens is 234 g/mol. The van der Waals surface area contributed by atoms with Gasteiger partial charge in [0.05, 0.1) is 6.26 Å². The quantitative estimate of drug-likeness (QED) is 0.565. The maximum atomic E-state index is 5.81. The molecule has 0 unspecified atom stereocenters. The number of rotatable bonds is 3. The fraction of sp³-hybridized carbons (Fsp3) is 0.0588. The van der Waals surface area contributed by atoms with Crippen LogP contribution in [-0.4, -0.2) is 6.54 Å². The average Bonchev–Trinajstić information content (AvgIpc) is 2.46. The Labute approximate surface area is 112 Å². The summed E-state index contributed by atoms with van der Waals surface area (Å²) >= 11 is 0. The molecule has 0 spiro atoms. The first-order valence-electron chi connectivity index (χ1n) is 6.32. The van der Waals surface area contributed by atoms with Gasteiger partial charge in [-0.3, -0.25) is 0 Å². The second-order valence-electron chi connectivity index (χ2n) is 4.37. The van der Waals surface area contributed by atoms with E-state index < -0.39 is 0 Å². The molecule has 0 fully saturated rings. The molecule has 2 nitrogen and oxygen atoms in total. The molecule has 0 aliphatic rings. The molecule has 0 atom stereocenters. The molecule has 0 amide bonds. The van der Waals surface area contributed by atoms with E-state index in [-0.39, 0.29) is 0 Å². The van der Waals surface area contributed by atoms with Gasteiger partial charge in [-0.05, 0) is 22.9 Å². The minimum absolute atomic E-state index is 0.475. The molecule has 3 rings (SSSR count). The lowest BCUT2D eigenvalue weighted by Gasteiger charge is -2.10. The summed E-state index contributed by atoms with van der Waals surface area (Å²) in [5.41, 5.74) is 5.45. The van der Waals surface area contributed by atoms with E-state index in [4.69, 9.17) is 10.5 Å². The lowest BCUT2D eigenvalue weighted by molar-refractivity contribution is 0.491. The average molecular weight is 249 g/mol. The Bertz CT molecular complexity index is 692. The number of hydrogen-bond acceptors (Lipinski definition) is 2. The standard InChI is InChI=1S/C17H15NO/c18-10-5-11-19-17-15-8-3-1-6-13(15)12-14-7-2-4-9-16(14)17/h1-9,11-12H,10,18H2. The van der Waals surface area contributed by atoms with Crippen LogP contribution in [0.15, 0.2) is 66.9 Å². The fourth-order valence-corrected chi connectivity index (χ4v) is 2.27. The highest BCUT2D eigenvalue weighted by Crippen LogP contribution is 2.34. The molecule has 0 heterocycles. The summed E-state index contributed by atoms with van der Waals surface area (Å²) in [6.07, 6.45) is 3.46. The molecule has 3 aromatic rings. The summed E-state index contributed by atoms with van der Waals surface area (Å²) in [5, 5.41) is 4.58. The van der Waals surface area contributed by atoms with Crippen LogP contribution in [0.1, 0.15) is 0 Å². The zero-order chi connectivity index (χ0) is 13.1. The van der Waals surface area contributed by atoms with Crippen molar-refractivity contribution in [3.05, 3.63) is 66.9 Å². The van der Waals surface area contributed by atoms with E-state index in [1.54, 1.807) is 12.3 Å². The van der Waals surface area contributed by atoms with Crippen molar-refractivity contribution in [1.29, 1.82) is 0 Å². The largest absolute Gasteiger partial charge is 0.464 e.